The van der Waals surface area contributed by atoms with Crippen LogP contribution < -0.4 is 18.9 Å². The minimum atomic E-state index is -0.282. The lowest BCUT2D eigenvalue weighted by molar-refractivity contribution is 0.0438. The Kier molecular flexibility index (Phi) is 22.3. The second-order valence-electron chi connectivity index (χ2n) is 19.1. The van der Waals surface area contributed by atoms with E-state index in [0.29, 0.717) is 62.6 Å². The molecule has 0 spiro atoms. The molecule has 7 rings (SSSR count). The largest absolute Gasteiger partial charge is 0.494 e. The monoisotopic (exact) mass is 1020 g/mol. The van der Waals surface area contributed by atoms with Gasteiger partial charge in [-0.2, -0.15) is 0 Å². The number of hydrogen-bond acceptors (Lipinski definition) is 10. The molecule has 0 radical (unpaired) electrons. The lowest BCUT2D eigenvalue weighted by atomic mass is 10.0. The highest BCUT2D eigenvalue weighted by Crippen LogP contribution is 2.26. The number of ether oxygens (including phenoxy) is 6. The minimum absolute atomic E-state index is 0.282. The first kappa shape index (κ1) is 55.8. The van der Waals surface area contributed by atoms with Gasteiger partial charge in [0.2, 0.25) is 0 Å². The normalized spacial score (nSPS) is 12.1. The molecule has 2 unspecified atom stereocenters. The first-order chi connectivity index (χ1) is 37.2. The molecule has 0 saturated carbocycles. The van der Waals surface area contributed by atoms with Gasteiger partial charge in [0.05, 0.1) is 62.1 Å². The molecule has 0 N–H and O–H groups in total. The summed E-state index contributed by atoms with van der Waals surface area (Å²) in [4.78, 5) is 34.0. The van der Waals surface area contributed by atoms with Crippen molar-refractivity contribution >= 4 is 35.7 Å². The van der Waals surface area contributed by atoms with Crippen molar-refractivity contribution in [1.82, 2.24) is 0 Å². The Morgan fingerprint density at radius 3 is 0.947 bits per heavy atom. The molecule has 0 aliphatic carbocycles. The van der Waals surface area contributed by atoms with E-state index in [4.69, 9.17) is 28.4 Å². The predicted molar refractivity (Wildman–Crippen MR) is 307 cm³/mol. The van der Waals surface area contributed by atoms with E-state index < -0.39 is 0 Å². The third-order valence-electron chi connectivity index (χ3n) is 13.0. The third kappa shape index (κ3) is 18.7. The van der Waals surface area contributed by atoms with Crippen molar-refractivity contribution < 1.29 is 38.0 Å². The number of esters is 2. The molecule has 0 amide bonds. The number of unbranched alkanes of at least 4 members (excludes halogenated alkanes) is 4. The van der Waals surface area contributed by atoms with Crippen molar-refractivity contribution in [2.24, 2.45) is 21.8 Å². The van der Waals surface area contributed by atoms with Gasteiger partial charge in [-0.15, -0.1) is 0 Å². The Balaban J connectivity index is 0.708. The lowest BCUT2D eigenvalue weighted by Gasteiger charge is -2.10. The molecule has 0 heterocycles. The summed E-state index contributed by atoms with van der Waals surface area (Å²) in [7, 11) is 0. The zero-order valence-electron chi connectivity index (χ0n) is 44.5. The summed E-state index contributed by atoms with van der Waals surface area (Å²) in [6.07, 6.45) is 11.4. The summed E-state index contributed by atoms with van der Waals surface area (Å²) < 4.78 is 34.8. The SMILES string of the molecule is CCC(C)COC(=O)c1ccc(-c2ccc(OCCCCCOc3ccc(C=Nc4ccc(N=Cc5ccc(OCCCCCOc6ccc(-c7ccc(C(=O)OCC(C)CC)cc7)cc6)cc5)cc4)cc3)cc2)cc1. The lowest BCUT2D eigenvalue weighted by Crippen LogP contribution is -2.11. The van der Waals surface area contributed by atoms with Crippen LogP contribution in [0.3, 0.4) is 0 Å². The molecular weight excluding hydrogens is 949 g/mol. The van der Waals surface area contributed by atoms with Gasteiger partial charge >= 0.3 is 11.9 Å². The summed E-state index contributed by atoms with van der Waals surface area (Å²) in [6, 6.07) is 54.9. The fourth-order valence-electron chi connectivity index (χ4n) is 7.67. The maximum Gasteiger partial charge on any atom is 0.338 e. The van der Waals surface area contributed by atoms with Crippen molar-refractivity contribution in [3.8, 4) is 45.3 Å². The predicted octanol–water partition coefficient (Wildman–Crippen LogP) is 16.2. The highest BCUT2D eigenvalue weighted by Gasteiger charge is 2.12. The van der Waals surface area contributed by atoms with Crippen LogP contribution in [0.2, 0.25) is 0 Å². The number of hydrogen-bond donors (Lipinski definition) is 0. The Morgan fingerprint density at radius 1 is 0.382 bits per heavy atom. The van der Waals surface area contributed by atoms with E-state index in [2.05, 4.69) is 37.7 Å². The zero-order chi connectivity index (χ0) is 53.2. The fourth-order valence-corrected chi connectivity index (χ4v) is 7.67. The van der Waals surface area contributed by atoms with Crippen molar-refractivity contribution in [3.63, 3.8) is 0 Å². The Bertz CT molecular complexity index is 2660. The molecule has 394 valence electrons. The van der Waals surface area contributed by atoms with Gasteiger partial charge in [-0.05, 0) is 205 Å². The summed E-state index contributed by atoms with van der Waals surface area (Å²) in [5.41, 5.74) is 8.99. The van der Waals surface area contributed by atoms with Crippen LogP contribution in [0, 0.1) is 11.8 Å². The summed E-state index contributed by atoms with van der Waals surface area (Å²) in [6.45, 7) is 11.8. The first-order valence-corrected chi connectivity index (χ1v) is 26.9. The second kappa shape index (κ2) is 30.4. The standard InChI is InChI=1S/C66H72N2O8/c1-5-49(3)47-75-65(69)57-21-17-53(18-22-57)55-25-37-63(38-26-55)73-43-11-7-9-41-71-61-33-13-51(14-34-61)45-67-59-29-31-60(32-30-59)68-46-52-15-35-62(36-16-52)72-42-10-8-12-44-74-64-39-27-56(28-40-64)54-19-23-58(24-20-54)66(70)76-48-50(4)6-2/h13-40,45-46,49-50H,5-12,41-44,47-48H2,1-4H3. The molecule has 7 aromatic carbocycles. The number of benzene rings is 7. The van der Waals surface area contributed by atoms with Crippen LogP contribution in [0.4, 0.5) is 11.4 Å². The second-order valence-corrected chi connectivity index (χ2v) is 19.1. The molecule has 0 fully saturated rings. The molecule has 76 heavy (non-hydrogen) atoms. The number of aliphatic imine (C=N–C) groups is 2. The quantitative estimate of drug-likeness (QED) is 0.0249. The number of nitrogens with zero attached hydrogens (tertiary/aromatic N) is 2. The Hall–Kier alpha value is -7.98. The van der Waals surface area contributed by atoms with Crippen LogP contribution in [0.1, 0.15) is 111 Å². The fraction of sp³-hybridized carbons (Fsp3) is 0.303. The highest BCUT2D eigenvalue weighted by atomic mass is 16.5. The molecule has 10 heteroatoms. The van der Waals surface area contributed by atoms with E-state index in [0.717, 1.165) is 119 Å². The molecule has 0 aliphatic heterocycles. The van der Waals surface area contributed by atoms with Gasteiger partial charge in [0.25, 0.3) is 0 Å². The number of carbonyl (C=O) groups is 2. The molecule has 10 nitrogen and oxygen atoms in total. The molecule has 0 aromatic heterocycles. The van der Waals surface area contributed by atoms with E-state index in [1.54, 1.807) is 0 Å². The van der Waals surface area contributed by atoms with Crippen molar-refractivity contribution in [3.05, 3.63) is 192 Å². The maximum atomic E-state index is 12.3. The minimum Gasteiger partial charge on any atom is -0.494 e. The topological polar surface area (TPSA) is 114 Å². The van der Waals surface area contributed by atoms with Gasteiger partial charge in [-0.1, -0.05) is 89.1 Å². The molecule has 2 atom stereocenters. The van der Waals surface area contributed by atoms with Crippen LogP contribution in [-0.2, 0) is 9.47 Å². The van der Waals surface area contributed by atoms with Crippen LogP contribution in [0.5, 0.6) is 23.0 Å². The van der Waals surface area contributed by atoms with Crippen molar-refractivity contribution in [1.29, 1.82) is 0 Å². The van der Waals surface area contributed by atoms with E-state index in [-0.39, 0.29) is 11.9 Å². The van der Waals surface area contributed by atoms with Crippen LogP contribution in [0.15, 0.2) is 180 Å². The summed E-state index contributed by atoms with van der Waals surface area (Å²) in [5.74, 6) is 3.49. The maximum absolute atomic E-state index is 12.3. The van der Waals surface area contributed by atoms with Gasteiger partial charge < -0.3 is 28.4 Å². The molecule has 0 bridgehead atoms. The molecule has 7 aromatic rings. The van der Waals surface area contributed by atoms with E-state index in [1.807, 2.05) is 182 Å². The van der Waals surface area contributed by atoms with Crippen molar-refractivity contribution in [2.45, 2.75) is 79.1 Å². The Morgan fingerprint density at radius 2 is 0.658 bits per heavy atom. The number of rotatable bonds is 30. The first-order valence-electron chi connectivity index (χ1n) is 26.9. The van der Waals surface area contributed by atoms with Crippen molar-refractivity contribution in [2.75, 3.05) is 39.6 Å². The Labute approximate surface area is 449 Å². The third-order valence-corrected chi connectivity index (χ3v) is 13.0. The average Bonchev–Trinajstić information content (AvgIpc) is 3.47. The van der Waals surface area contributed by atoms with Crippen LogP contribution in [0.25, 0.3) is 22.3 Å². The van der Waals surface area contributed by atoms with E-state index >= 15 is 0 Å². The smallest absolute Gasteiger partial charge is 0.338 e. The highest BCUT2D eigenvalue weighted by molar-refractivity contribution is 5.91. The van der Waals surface area contributed by atoms with E-state index in [9.17, 15) is 9.59 Å². The van der Waals surface area contributed by atoms with Gasteiger partial charge in [-0.3, -0.25) is 9.98 Å². The number of carbonyl (C=O) groups excluding carboxylic acids is 2. The van der Waals surface area contributed by atoms with Gasteiger partial charge in [0.15, 0.2) is 0 Å². The summed E-state index contributed by atoms with van der Waals surface area (Å²) in [5, 5.41) is 0. The van der Waals surface area contributed by atoms with Gasteiger partial charge in [-0.25, -0.2) is 9.59 Å². The molecule has 0 aliphatic rings. The van der Waals surface area contributed by atoms with Crippen LogP contribution in [-0.4, -0.2) is 64.0 Å². The van der Waals surface area contributed by atoms with Gasteiger partial charge in [0.1, 0.15) is 23.0 Å². The van der Waals surface area contributed by atoms with Gasteiger partial charge in [0, 0.05) is 12.4 Å². The average molecular weight is 1020 g/mol. The summed E-state index contributed by atoms with van der Waals surface area (Å²) >= 11 is 0. The van der Waals surface area contributed by atoms with Crippen LogP contribution >= 0.6 is 0 Å². The molecule has 0 saturated heterocycles. The zero-order valence-corrected chi connectivity index (χ0v) is 44.5. The molecular formula is C66H72N2O8. The van der Waals surface area contributed by atoms with E-state index in [1.165, 1.54) is 0 Å².